The van der Waals surface area contributed by atoms with Crippen molar-refractivity contribution in [2.24, 2.45) is 0 Å². The number of anilines is 1. The van der Waals surface area contributed by atoms with Gasteiger partial charge in [0.05, 0.1) is 13.2 Å². The van der Waals surface area contributed by atoms with Crippen LogP contribution in [0.2, 0.25) is 0 Å². The first-order valence-electron chi connectivity index (χ1n) is 9.37. The zero-order chi connectivity index (χ0) is 22.0. The summed E-state index contributed by atoms with van der Waals surface area (Å²) in [6.07, 6.45) is -15.1. The van der Waals surface area contributed by atoms with Crippen LogP contribution in [0.5, 0.6) is 5.75 Å². The standard InChI is InChI=1S/C18H27NO11/c19-7-1-3-8(4-2-7)27-18-15(26)16(12(23)10(6-21)29-18)30-17-14(25)13(24)11(22)9(5-20)28-17/h1-4,9-18,20-26H,5-6,19H2/t9-,10+,11+,12+,13-,14+,15-,16-,17+,18-/m0/s1. The summed E-state index contributed by atoms with van der Waals surface area (Å²) in [5.74, 6) is 0.285. The van der Waals surface area contributed by atoms with E-state index in [1.54, 1.807) is 12.1 Å². The third-order valence-corrected chi connectivity index (χ3v) is 5.09. The fourth-order valence-corrected chi connectivity index (χ4v) is 3.33. The fraction of sp³-hybridized carbons (Fsp3) is 0.667. The summed E-state index contributed by atoms with van der Waals surface area (Å²) in [6.45, 7) is -1.31. The molecule has 30 heavy (non-hydrogen) atoms. The highest BCUT2D eigenvalue weighted by Crippen LogP contribution is 2.30. The molecule has 0 bridgehead atoms. The smallest absolute Gasteiger partial charge is 0.229 e. The van der Waals surface area contributed by atoms with E-state index >= 15 is 0 Å². The SMILES string of the molecule is Nc1ccc(O[C@H]2O[C@H](CO)[C@@H](O)[C@H](O[C@H]3O[C@@H](CO)[C@@H](O)[C@H](O)[C@H]3O)[C@@H]2O)cc1. The molecule has 2 aliphatic heterocycles. The average Bonchev–Trinajstić information content (AvgIpc) is 2.74. The van der Waals surface area contributed by atoms with Crippen LogP contribution in [-0.4, -0.2) is 110 Å². The molecule has 0 saturated carbocycles. The van der Waals surface area contributed by atoms with Crippen molar-refractivity contribution in [1.82, 2.24) is 0 Å². The molecule has 0 aliphatic carbocycles. The Labute approximate surface area is 171 Å². The Bertz CT molecular complexity index is 675. The minimum atomic E-state index is -1.74. The molecule has 12 heteroatoms. The molecule has 9 N–H and O–H groups in total. The third-order valence-electron chi connectivity index (χ3n) is 5.09. The van der Waals surface area contributed by atoms with Crippen molar-refractivity contribution in [2.45, 2.75) is 61.4 Å². The molecule has 170 valence electrons. The number of aliphatic hydroxyl groups is 7. The number of ether oxygens (including phenoxy) is 4. The Morgan fingerprint density at radius 2 is 1.30 bits per heavy atom. The number of benzene rings is 1. The Balaban J connectivity index is 1.76. The normalized spacial score (nSPS) is 42.1. The van der Waals surface area contributed by atoms with Crippen LogP contribution in [0.15, 0.2) is 24.3 Å². The molecule has 0 spiro atoms. The Kier molecular flexibility index (Phi) is 7.47. The van der Waals surface area contributed by atoms with Crippen molar-refractivity contribution >= 4 is 5.69 Å². The number of rotatable bonds is 6. The van der Waals surface area contributed by atoms with E-state index in [9.17, 15) is 35.7 Å². The summed E-state index contributed by atoms with van der Waals surface area (Å²) in [5.41, 5.74) is 6.10. The summed E-state index contributed by atoms with van der Waals surface area (Å²) in [7, 11) is 0. The minimum Gasteiger partial charge on any atom is -0.462 e. The molecule has 0 amide bonds. The van der Waals surface area contributed by atoms with E-state index in [4.69, 9.17) is 24.7 Å². The van der Waals surface area contributed by atoms with Crippen LogP contribution in [0.25, 0.3) is 0 Å². The Hall–Kier alpha value is -1.58. The maximum absolute atomic E-state index is 10.6. The number of nitrogen functional groups attached to an aromatic ring is 1. The molecule has 0 radical (unpaired) electrons. The summed E-state index contributed by atoms with van der Waals surface area (Å²) in [4.78, 5) is 0. The number of aliphatic hydroxyl groups excluding tert-OH is 7. The van der Waals surface area contributed by atoms with E-state index in [-0.39, 0.29) is 5.75 Å². The van der Waals surface area contributed by atoms with Gasteiger partial charge in [-0.25, -0.2) is 0 Å². The molecule has 12 nitrogen and oxygen atoms in total. The molecule has 0 aromatic heterocycles. The highest BCUT2D eigenvalue weighted by molar-refractivity contribution is 5.41. The van der Waals surface area contributed by atoms with Crippen molar-refractivity contribution in [3.05, 3.63) is 24.3 Å². The van der Waals surface area contributed by atoms with Gasteiger partial charge in [0.15, 0.2) is 6.29 Å². The molecular formula is C18H27NO11. The second-order valence-corrected chi connectivity index (χ2v) is 7.19. The van der Waals surface area contributed by atoms with Crippen molar-refractivity contribution in [2.75, 3.05) is 18.9 Å². The van der Waals surface area contributed by atoms with Gasteiger partial charge in [-0.2, -0.15) is 0 Å². The molecule has 1 aromatic carbocycles. The van der Waals surface area contributed by atoms with Gasteiger partial charge in [-0.15, -0.1) is 0 Å². The van der Waals surface area contributed by atoms with Gasteiger partial charge in [0.2, 0.25) is 6.29 Å². The van der Waals surface area contributed by atoms with Crippen LogP contribution >= 0.6 is 0 Å². The zero-order valence-electron chi connectivity index (χ0n) is 15.8. The summed E-state index contributed by atoms with van der Waals surface area (Å²) >= 11 is 0. The number of hydrogen-bond donors (Lipinski definition) is 8. The van der Waals surface area contributed by atoms with Gasteiger partial charge < -0.3 is 60.4 Å². The third kappa shape index (κ3) is 4.68. The van der Waals surface area contributed by atoms with E-state index < -0.39 is 74.6 Å². The van der Waals surface area contributed by atoms with E-state index in [1.165, 1.54) is 12.1 Å². The lowest BCUT2D eigenvalue weighted by Gasteiger charge is -2.45. The zero-order valence-corrected chi connectivity index (χ0v) is 15.8. The fourth-order valence-electron chi connectivity index (χ4n) is 3.33. The van der Waals surface area contributed by atoms with Gasteiger partial charge in [-0.3, -0.25) is 0 Å². The predicted molar refractivity (Wildman–Crippen MR) is 97.9 cm³/mol. The Morgan fingerprint density at radius 1 is 0.733 bits per heavy atom. The topological polar surface area (TPSA) is 205 Å². The van der Waals surface area contributed by atoms with Crippen LogP contribution < -0.4 is 10.5 Å². The molecule has 2 heterocycles. The average molecular weight is 433 g/mol. The first-order valence-corrected chi connectivity index (χ1v) is 9.37. The minimum absolute atomic E-state index is 0.285. The first kappa shape index (κ1) is 23.1. The van der Waals surface area contributed by atoms with Crippen LogP contribution in [0.4, 0.5) is 5.69 Å². The largest absolute Gasteiger partial charge is 0.462 e. The monoisotopic (exact) mass is 433 g/mol. The van der Waals surface area contributed by atoms with Crippen LogP contribution in [0.1, 0.15) is 0 Å². The summed E-state index contributed by atoms with van der Waals surface area (Å²) < 4.78 is 21.7. The van der Waals surface area contributed by atoms with Gasteiger partial charge in [0, 0.05) is 5.69 Å². The Morgan fingerprint density at radius 3 is 1.90 bits per heavy atom. The van der Waals surface area contributed by atoms with Crippen LogP contribution in [0.3, 0.4) is 0 Å². The van der Waals surface area contributed by atoms with Gasteiger partial charge >= 0.3 is 0 Å². The molecule has 2 saturated heterocycles. The quantitative estimate of drug-likeness (QED) is 0.204. The second-order valence-electron chi connectivity index (χ2n) is 7.19. The molecule has 2 fully saturated rings. The number of hydrogen-bond acceptors (Lipinski definition) is 12. The molecule has 1 aromatic rings. The van der Waals surface area contributed by atoms with Gasteiger partial charge in [0.25, 0.3) is 0 Å². The highest BCUT2D eigenvalue weighted by Gasteiger charge is 2.51. The first-order chi connectivity index (χ1) is 14.3. The molecule has 3 rings (SSSR count). The van der Waals surface area contributed by atoms with Crippen LogP contribution in [-0.2, 0) is 14.2 Å². The lowest BCUT2D eigenvalue weighted by atomic mass is 9.97. The van der Waals surface area contributed by atoms with E-state index in [2.05, 4.69) is 0 Å². The summed E-state index contributed by atoms with van der Waals surface area (Å²) in [5, 5.41) is 69.8. The van der Waals surface area contributed by atoms with Gasteiger partial charge in [-0.05, 0) is 24.3 Å². The van der Waals surface area contributed by atoms with E-state index in [1.807, 2.05) is 0 Å². The van der Waals surface area contributed by atoms with Crippen molar-refractivity contribution in [1.29, 1.82) is 0 Å². The molecule has 10 atom stereocenters. The highest BCUT2D eigenvalue weighted by atomic mass is 16.7. The molecule has 0 unspecified atom stereocenters. The van der Waals surface area contributed by atoms with Crippen molar-refractivity contribution in [3.8, 4) is 5.75 Å². The van der Waals surface area contributed by atoms with Crippen LogP contribution in [0, 0.1) is 0 Å². The second kappa shape index (κ2) is 9.70. The lowest BCUT2D eigenvalue weighted by molar-refractivity contribution is -0.352. The molecule has 2 aliphatic rings. The summed E-state index contributed by atoms with van der Waals surface area (Å²) in [6, 6.07) is 6.17. The van der Waals surface area contributed by atoms with E-state index in [0.717, 1.165) is 0 Å². The molecular weight excluding hydrogens is 406 g/mol. The maximum Gasteiger partial charge on any atom is 0.229 e. The van der Waals surface area contributed by atoms with Crippen molar-refractivity contribution in [3.63, 3.8) is 0 Å². The lowest BCUT2D eigenvalue weighted by Crippen LogP contribution is -2.65. The van der Waals surface area contributed by atoms with Gasteiger partial charge in [-0.1, -0.05) is 0 Å². The number of nitrogens with two attached hydrogens (primary N) is 1. The predicted octanol–water partition coefficient (Wildman–Crippen LogP) is -3.73. The van der Waals surface area contributed by atoms with Crippen molar-refractivity contribution < 1.29 is 54.7 Å². The maximum atomic E-state index is 10.6. The van der Waals surface area contributed by atoms with E-state index in [0.29, 0.717) is 5.69 Å². The van der Waals surface area contributed by atoms with Gasteiger partial charge in [0.1, 0.15) is 54.6 Å².